The van der Waals surface area contributed by atoms with Crippen LogP contribution < -0.4 is 9.47 Å². The lowest BCUT2D eigenvalue weighted by atomic mass is 9.67. The van der Waals surface area contributed by atoms with Crippen LogP contribution in [0.5, 0.6) is 23.0 Å². The Labute approximate surface area is 263 Å². The minimum absolute atomic E-state index is 0.519. The van der Waals surface area contributed by atoms with Crippen LogP contribution in [0.25, 0.3) is 28.5 Å². The van der Waals surface area contributed by atoms with Gasteiger partial charge in [-0.05, 0) is 94.8 Å². The summed E-state index contributed by atoms with van der Waals surface area (Å²) in [6, 6.07) is 44.8. The van der Waals surface area contributed by atoms with Gasteiger partial charge in [-0.1, -0.05) is 103 Å². The van der Waals surface area contributed by atoms with E-state index in [1.165, 1.54) is 27.8 Å². The Hall–Kier alpha value is -5.67. The molecule has 0 saturated carbocycles. The fourth-order valence-corrected chi connectivity index (χ4v) is 7.03. The Morgan fingerprint density at radius 2 is 1.33 bits per heavy atom. The number of ether oxygens (including phenoxy) is 2. The predicted molar refractivity (Wildman–Crippen MR) is 182 cm³/mol. The first-order valence-corrected chi connectivity index (χ1v) is 15.3. The number of rotatable bonds is 6. The van der Waals surface area contributed by atoms with Crippen LogP contribution in [0, 0.1) is 0 Å². The largest absolute Gasteiger partial charge is 0.449 e. The molecule has 6 aromatic rings. The van der Waals surface area contributed by atoms with Gasteiger partial charge in [0.2, 0.25) is 0 Å². The maximum atomic E-state index is 6.85. The van der Waals surface area contributed by atoms with Crippen molar-refractivity contribution in [3.05, 3.63) is 180 Å². The average molecular weight is 582 g/mol. The van der Waals surface area contributed by atoms with Gasteiger partial charge in [0.1, 0.15) is 0 Å². The maximum absolute atomic E-state index is 6.85. The zero-order chi connectivity index (χ0) is 30.4. The van der Waals surface area contributed by atoms with Gasteiger partial charge in [-0.15, -0.1) is 6.58 Å². The highest BCUT2D eigenvalue weighted by molar-refractivity contribution is 5.88. The number of para-hydroxylation sites is 1. The lowest BCUT2D eigenvalue weighted by Crippen LogP contribution is -2.28. The highest BCUT2D eigenvalue weighted by Crippen LogP contribution is 2.60. The molecule has 2 heterocycles. The quantitative estimate of drug-likeness (QED) is 0.183. The number of allylic oxidation sites excluding steroid dienone is 2. The Kier molecular flexibility index (Phi) is 6.46. The lowest BCUT2D eigenvalue weighted by Gasteiger charge is -2.34. The monoisotopic (exact) mass is 581 g/mol. The first-order chi connectivity index (χ1) is 22.2. The van der Waals surface area contributed by atoms with Gasteiger partial charge < -0.3 is 9.47 Å². The maximum Gasteiger partial charge on any atom is 0.179 e. The van der Waals surface area contributed by atoms with Crippen LogP contribution in [0.2, 0.25) is 0 Å². The minimum atomic E-state index is -0.519. The number of benzene rings is 5. The van der Waals surface area contributed by atoms with Gasteiger partial charge in [-0.3, -0.25) is 0 Å². The number of aromatic nitrogens is 1. The smallest absolute Gasteiger partial charge is 0.179 e. The first-order valence-electron chi connectivity index (χ1n) is 15.3. The van der Waals surface area contributed by atoms with Crippen molar-refractivity contribution in [3.8, 4) is 45.4 Å². The summed E-state index contributed by atoms with van der Waals surface area (Å²) in [6.45, 7) is 5.95. The van der Waals surface area contributed by atoms with E-state index in [1.54, 1.807) is 0 Å². The van der Waals surface area contributed by atoms with E-state index in [0.717, 1.165) is 34.5 Å². The molecule has 1 aliphatic heterocycles. The SMILES string of the molecule is C=CCc1cc(/C=C/C)nc(-c2cccc3c2Oc2cc4c(cc2O3)-c2ccccc2C4(c2ccccc2)c2ccccc2)c1. The van der Waals surface area contributed by atoms with Crippen molar-refractivity contribution < 1.29 is 9.47 Å². The molecular weight excluding hydrogens is 550 g/mol. The molecule has 0 amide bonds. The van der Waals surface area contributed by atoms with Crippen molar-refractivity contribution in [1.82, 2.24) is 4.98 Å². The second-order valence-electron chi connectivity index (χ2n) is 11.5. The second-order valence-corrected chi connectivity index (χ2v) is 11.5. The molecule has 0 radical (unpaired) electrons. The Bertz CT molecular complexity index is 2070. The molecule has 0 fully saturated rings. The number of nitrogens with zero attached hydrogens (tertiary/aromatic N) is 1. The standard InChI is InChI=1S/C42H31NO2/c1-3-14-28-24-31(15-4-2)43-37(25-28)33-21-13-23-38-41(33)45-40-27-36-34(26-39(40)44-38)32-20-11-12-22-35(32)42(36,29-16-7-5-8-17-29)30-18-9-6-10-19-30/h3-13,15-27H,1,14H2,2H3/b15-4+. The van der Waals surface area contributed by atoms with Crippen molar-refractivity contribution in [2.75, 3.05) is 0 Å². The van der Waals surface area contributed by atoms with Gasteiger partial charge >= 0.3 is 0 Å². The summed E-state index contributed by atoms with van der Waals surface area (Å²) in [6.07, 6.45) is 6.69. The average Bonchev–Trinajstić information content (AvgIpc) is 3.37. The van der Waals surface area contributed by atoms with Crippen LogP contribution in [-0.2, 0) is 11.8 Å². The molecule has 0 spiro atoms. The summed E-state index contributed by atoms with van der Waals surface area (Å²) in [7, 11) is 0. The predicted octanol–water partition coefficient (Wildman–Crippen LogP) is 10.8. The fourth-order valence-electron chi connectivity index (χ4n) is 7.03. The van der Waals surface area contributed by atoms with Crippen molar-refractivity contribution in [3.63, 3.8) is 0 Å². The highest BCUT2D eigenvalue weighted by atomic mass is 16.6. The van der Waals surface area contributed by atoms with Crippen LogP contribution >= 0.6 is 0 Å². The molecule has 3 heteroatoms. The van der Waals surface area contributed by atoms with Gasteiger partial charge in [0, 0.05) is 5.56 Å². The number of fused-ring (bicyclic) bond motifs is 5. The summed E-state index contributed by atoms with van der Waals surface area (Å²) in [5, 5.41) is 0. The molecule has 8 rings (SSSR count). The molecule has 0 N–H and O–H groups in total. The summed E-state index contributed by atoms with van der Waals surface area (Å²) >= 11 is 0. The molecule has 216 valence electrons. The second kappa shape index (κ2) is 10.8. The molecule has 45 heavy (non-hydrogen) atoms. The summed E-state index contributed by atoms with van der Waals surface area (Å²) in [5.41, 5.74) is 10.4. The molecule has 3 nitrogen and oxygen atoms in total. The van der Waals surface area contributed by atoms with E-state index >= 15 is 0 Å². The van der Waals surface area contributed by atoms with Gasteiger partial charge in [0.25, 0.3) is 0 Å². The molecule has 5 aromatic carbocycles. The van der Waals surface area contributed by atoms with Gasteiger partial charge in [-0.2, -0.15) is 0 Å². The van der Waals surface area contributed by atoms with Crippen molar-refractivity contribution in [2.45, 2.75) is 18.8 Å². The zero-order valence-corrected chi connectivity index (χ0v) is 25.0. The lowest BCUT2D eigenvalue weighted by molar-refractivity contribution is 0.360. The van der Waals surface area contributed by atoms with Crippen molar-refractivity contribution in [2.24, 2.45) is 0 Å². The van der Waals surface area contributed by atoms with E-state index < -0.39 is 5.41 Å². The van der Waals surface area contributed by atoms with Crippen LogP contribution in [0.1, 0.15) is 40.4 Å². The van der Waals surface area contributed by atoms with Crippen molar-refractivity contribution in [1.29, 1.82) is 0 Å². The number of pyridine rings is 1. The van der Waals surface area contributed by atoms with Gasteiger partial charge in [0.15, 0.2) is 23.0 Å². The number of hydrogen-bond donors (Lipinski definition) is 0. The van der Waals surface area contributed by atoms with Crippen LogP contribution in [0.15, 0.2) is 146 Å². The Morgan fingerprint density at radius 3 is 2.07 bits per heavy atom. The van der Waals surface area contributed by atoms with Gasteiger partial charge in [0.05, 0.1) is 16.8 Å². The molecule has 2 aliphatic rings. The van der Waals surface area contributed by atoms with Crippen LogP contribution in [-0.4, -0.2) is 4.98 Å². The Balaban J connectivity index is 1.33. The third-order valence-corrected chi connectivity index (χ3v) is 8.83. The molecule has 1 aliphatic carbocycles. The third-order valence-electron chi connectivity index (χ3n) is 8.83. The van der Waals surface area contributed by atoms with Gasteiger partial charge in [-0.25, -0.2) is 4.98 Å². The molecule has 0 bridgehead atoms. The first kappa shape index (κ1) is 26.9. The molecule has 0 saturated heterocycles. The molecule has 0 unspecified atom stereocenters. The van der Waals surface area contributed by atoms with E-state index in [2.05, 4.69) is 116 Å². The zero-order valence-electron chi connectivity index (χ0n) is 25.0. The van der Waals surface area contributed by atoms with E-state index in [0.29, 0.717) is 23.0 Å². The number of hydrogen-bond acceptors (Lipinski definition) is 3. The fraction of sp³-hybridized carbons (Fsp3) is 0.0714. The van der Waals surface area contributed by atoms with E-state index in [1.807, 2.05) is 43.4 Å². The molecular formula is C42H31NO2. The minimum Gasteiger partial charge on any atom is -0.449 e. The van der Waals surface area contributed by atoms with E-state index in [4.69, 9.17) is 14.5 Å². The Morgan fingerprint density at radius 1 is 0.644 bits per heavy atom. The summed E-state index contributed by atoms with van der Waals surface area (Å²) in [4.78, 5) is 4.97. The van der Waals surface area contributed by atoms with E-state index in [-0.39, 0.29) is 0 Å². The van der Waals surface area contributed by atoms with Crippen LogP contribution in [0.3, 0.4) is 0 Å². The molecule has 1 aromatic heterocycles. The topological polar surface area (TPSA) is 31.4 Å². The summed E-state index contributed by atoms with van der Waals surface area (Å²) in [5.74, 6) is 2.73. The highest BCUT2D eigenvalue weighted by Gasteiger charge is 2.47. The third kappa shape index (κ3) is 4.23. The normalized spacial score (nSPS) is 13.6. The molecule has 0 atom stereocenters. The van der Waals surface area contributed by atoms with Crippen molar-refractivity contribution >= 4 is 6.08 Å². The van der Waals surface area contributed by atoms with Crippen LogP contribution in [0.4, 0.5) is 0 Å². The summed E-state index contributed by atoms with van der Waals surface area (Å²) < 4.78 is 13.5. The van der Waals surface area contributed by atoms with E-state index in [9.17, 15) is 0 Å².